The summed E-state index contributed by atoms with van der Waals surface area (Å²) in [6.07, 6.45) is 3.40. The fourth-order valence-corrected chi connectivity index (χ4v) is 4.37. The van der Waals surface area contributed by atoms with Crippen molar-refractivity contribution in [2.75, 3.05) is 26.1 Å². The Morgan fingerprint density at radius 3 is 2.62 bits per heavy atom. The Morgan fingerprint density at radius 1 is 1.15 bits per heavy atom. The molecule has 1 fully saturated rings. The highest BCUT2D eigenvalue weighted by Crippen LogP contribution is 2.39. The molecule has 6 heteroatoms. The average Bonchev–Trinajstić information content (AvgIpc) is 3.06. The van der Waals surface area contributed by atoms with Crippen LogP contribution in [0.2, 0.25) is 0 Å². The highest BCUT2D eigenvalue weighted by Gasteiger charge is 2.37. The van der Waals surface area contributed by atoms with Gasteiger partial charge in [-0.3, -0.25) is 0 Å². The van der Waals surface area contributed by atoms with Gasteiger partial charge in [0.1, 0.15) is 17.3 Å². The smallest absolute Gasteiger partial charge is 0.158 e. The fraction of sp³-hybridized carbons (Fsp3) is 0.400. The maximum Gasteiger partial charge on any atom is 0.158 e. The largest absolute Gasteiger partial charge is 0.377 e. The predicted octanol–water partition coefficient (Wildman–Crippen LogP) is 4.49. The first-order valence-corrected chi connectivity index (χ1v) is 9.74. The fourth-order valence-electron chi connectivity index (χ4n) is 3.41. The maximum absolute atomic E-state index is 5.75. The second kappa shape index (κ2) is 7.31. The van der Waals surface area contributed by atoms with Crippen LogP contribution in [0.5, 0.6) is 0 Å². The minimum Gasteiger partial charge on any atom is -0.377 e. The molecule has 0 radical (unpaired) electrons. The van der Waals surface area contributed by atoms with E-state index in [1.807, 2.05) is 6.07 Å². The van der Waals surface area contributed by atoms with E-state index in [2.05, 4.69) is 39.9 Å². The topological polar surface area (TPSA) is 56.3 Å². The number of hydrogen-bond acceptors (Lipinski definition) is 6. The maximum atomic E-state index is 5.75. The highest BCUT2D eigenvalue weighted by molar-refractivity contribution is 7.17. The molecule has 0 aliphatic heterocycles. The Kier molecular flexibility index (Phi) is 4.89. The Labute approximate surface area is 157 Å². The summed E-state index contributed by atoms with van der Waals surface area (Å²) < 4.78 is 11.0. The summed E-state index contributed by atoms with van der Waals surface area (Å²) in [6, 6.07) is 10.4. The number of ether oxygens (including phenoxy) is 2. The van der Waals surface area contributed by atoms with E-state index in [0.29, 0.717) is 12.4 Å². The van der Waals surface area contributed by atoms with Gasteiger partial charge in [-0.15, -0.1) is 11.3 Å². The second-order valence-electron chi connectivity index (χ2n) is 6.71. The summed E-state index contributed by atoms with van der Waals surface area (Å²) in [7, 11) is 3.46. The molecular weight excluding hydrogens is 346 g/mol. The van der Waals surface area contributed by atoms with Gasteiger partial charge in [-0.1, -0.05) is 30.3 Å². The van der Waals surface area contributed by atoms with Gasteiger partial charge in [-0.2, -0.15) is 0 Å². The van der Waals surface area contributed by atoms with Gasteiger partial charge < -0.3 is 14.8 Å². The molecule has 0 spiro atoms. The molecule has 2 heterocycles. The van der Waals surface area contributed by atoms with Crippen LogP contribution in [0.15, 0.2) is 35.7 Å². The first kappa shape index (κ1) is 17.4. The molecule has 4 rings (SSSR count). The van der Waals surface area contributed by atoms with Gasteiger partial charge in [0.25, 0.3) is 0 Å². The molecular formula is C20H23N3O2S. The third-order valence-electron chi connectivity index (χ3n) is 5.11. The molecule has 0 unspecified atom stereocenters. The van der Waals surface area contributed by atoms with Gasteiger partial charge in [-0.05, 0) is 24.8 Å². The molecule has 0 amide bonds. The molecule has 26 heavy (non-hydrogen) atoms. The third-order valence-corrected chi connectivity index (χ3v) is 5.99. The zero-order valence-electron chi connectivity index (χ0n) is 15.1. The van der Waals surface area contributed by atoms with Crippen molar-refractivity contribution < 1.29 is 9.47 Å². The second-order valence-corrected chi connectivity index (χ2v) is 7.57. The Morgan fingerprint density at radius 2 is 1.96 bits per heavy atom. The number of hydrogen-bond donors (Lipinski definition) is 1. The van der Waals surface area contributed by atoms with Gasteiger partial charge in [0.05, 0.1) is 11.0 Å². The summed E-state index contributed by atoms with van der Waals surface area (Å²) in [5, 5.41) is 6.79. The normalized spacial score (nSPS) is 15.8. The molecule has 0 atom stereocenters. The SMILES string of the molecule is COCc1nc(NCC2(OC)CCC2)c2c(-c3ccccc3)csc2n1. The quantitative estimate of drug-likeness (QED) is 0.665. The molecule has 136 valence electrons. The summed E-state index contributed by atoms with van der Waals surface area (Å²) in [5.41, 5.74) is 2.27. The Bertz CT molecular complexity index is 885. The minimum atomic E-state index is -0.0678. The van der Waals surface area contributed by atoms with Crippen LogP contribution in [0.25, 0.3) is 21.3 Å². The number of nitrogens with one attached hydrogen (secondary N) is 1. The van der Waals surface area contributed by atoms with Gasteiger partial charge >= 0.3 is 0 Å². The predicted molar refractivity (Wildman–Crippen MR) is 106 cm³/mol. The molecule has 5 nitrogen and oxygen atoms in total. The van der Waals surface area contributed by atoms with Crippen LogP contribution in [0.3, 0.4) is 0 Å². The van der Waals surface area contributed by atoms with E-state index >= 15 is 0 Å². The van der Waals surface area contributed by atoms with Gasteiger partial charge in [0.2, 0.25) is 0 Å². The van der Waals surface area contributed by atoms with Crippen LogP contribution < -0.4 is 5.32 Å². The molecule has 1 aromatic carbocycles. The van der Waals surface area contributed by atoms with Crippen molar-refractivity contribution in [2.45, 2.75) is 31.5 Å². The van der Waals surface area contributed by atoms with E-state index < -0.39 is 0 Å². The van der Waals surface area contributed by atoms with Crippen LogP contribution in [-0.4, -0.2) is 36.3 Å². The molecule has 2 aromatic heterocycles. The molecule has 3 aromatic rings. The third kappa shape index (κ3) is 3.20. The molecule has 1 aliphatic rings. The zero-order valence-corrected chi connectivity index (χ0v) is 15.9. The highest BCUT2D eigenvalue weighted by atomic mass is 32.1. The van der Waals surface area contributed by atoms with Crippen LogP contribution in [0.1, 0.15) is 25.1 Å². The average molecular weight is 369 g/mol. The summed E-state index contributed by atoms with van der Waals surface area (Å²) in [5.74, 6) is 1.56. The summed E-state index contributed by atoms with van der Waals surface area (Å²) in [4.78, 5) is 10.4. The van der Waals surface area contributed by atoms with Crippen LogP contribution in [-0.2, 0) is 16.1 Å². The number of benzene rings is 1. The molecule has 0 saturated heterocycles. The van der Waals surface area contributed by atoms with Gasteiger partial charge in [0.15, 0.2) is 5.82 Å². The molecule has 0 bridgehead atoms. The first-order chi connectivity index (χ1) is 12.7. The lowest BCUT2D eigenvalue weighted by molar-refractivity contribution is -0.0601. The van der Waals surface area contributed by atoms with E-state index in [9.17, 15) is 0 Å². The number of nitrogens with zero attached hydrogens (tertiary/aromatic N) is 2. The van der Waals surface area contributed by atoms with Gasteiger partial charge in [0, 0.05) is 31.7 Å². The number of fused-ring (bicyclic) bond motifs is 1. The standard InChI is InChI=1S/C20H23N3O2S/c1-24-11-16-22-18(21-13-20(25-2)9-6-10-20)17-15(12-26-19(17)23-16)14-7-4-3-5-8-14/h3-5,7-8,12H,6,9-11,13H2,1-2H3,(H,21,22,23). The van der Waals surface area contributed by atoms with E-state index in [4.69, 9.17) is 14.5 Å². The van der Waals surface area contributed by atoms with Crippen LogP contribution in [0.4, 0.5) is 5.82 Å². The van der Waals surface area contributed by atoms with Gasteiger partial charge in [-0.25, -0.2) is 9.97 Å². The van der Waals surface area contributed by atoms with Crippen molar-refractivity contribution in [3.8, 4) is 11.1 Å². The van der Waals surface area contributed by atoms with E-state index in [1.54, 1.807) is 25.6 Å². The molecule has 1 saturated carbocycles. The van der Waals surface area contributed by atoms with E-state index in [1.165, 1.54) is 12.0 Å². The Balaban J connectivity index is 1.75. The van der Waals surface area contributed by atoms with Crippen LogP contribution >= 0.6 is 11.3 Å². The van der Waals surface area contributed by atoms with Crippen LogP contribution in [0, 0.1) is 0 Å². The summed E-state index contributed by atoms with van der Waals surface area (Å²) in [6.45, 7) is 1.16. The van der Waals surface area contributed by atoms with Crippen molar-refractivity contribution in [3.05, 3.63) is 41.5 Å². The van der Waals surface area contributed by atoms with Crippen molar-refractivity contribution in [3.63, 3.8) is 0 Å². The zero-order chi connectivity index (χ0) is 18.0. The molecule has 1 aliphatic carbocycles. The van der Waals surface area contributed by atoms with E-state index in [0.717, 1.165) is 41.0 Å². The number of rotatable bonds is 7. The lowest BCUT2D eigenvalue weighted by Gasteiger charge is -2.40. The van der Waals surface area contributed by atoms with Crippen molar-refractivity contribution in [1.29, 1.82) is 0 Å². The minimum absolute atomic E-state index is 0.0678. The first-order valence-electron chi connectivity index (χ1n) is 8.86. The number of anilines is 1. The van der Waals surface area contributed by atoms with Crippen molar-refractivity contribution >= 4 is 27.4 Å². The number of aromatic nitrogens is 2. The lowest BCUT2D eigenvalue weighted by atomic mass is 9.80. The number of thiophene rings is 1. The lowest BCUT2D eigenvalue weighted by Crippen LogP contribution is -2.45. The number of methoxy groups -OCH3 is 2. The van der Waals surface area contributed by atoms with E-state index in [-0.39, 0.29) is 5.60 Å². The summed E-state index contributed by atoms with van der Waals surface area (Å²) >= 11 is 1.64. The van der Waals surface area contributed by atoms with Crippen molar-refractivity contribution in [2.24, 2.45) is 0 Å². The molecule has 1 N–H and O–H groups in total. The monoisotopic (exact) mass is 369 g/mol. The Hall–Kier alpha value is -2.02. The van der Waals surface area contributed by atoms with Crippen molar-refractivity contribution in [1.82, 2.24) is 9.97 Å².